The van der Waals surface area contributed by atoms with Crippen LogP contribution < -0.4 is 10.9 Å². The van der Waals surface area contributed by atoms with Gasteiger partial charge in [-0.2, -0.15) is 0 Å². The molecule has 0 radical (unpaired) electrons. The van der Waals surface area contributed by atoms with Crippen molar-refractivity contribution in [2.24, 2.45) is 7.05 Å². The number of hydrogen-bond donors (Lipinski definition) is 1. The third-order valence-corrected chi connectivity index (χ3v) is 4.16. The zero-order chi connectivity index (χ0) is 19.0. The molecule has 0 aliphatic rings. The van der Waals surface area contributed by atoms with Gasteiger partial charge in [0.05, 0.1) is 11.0 Å². The lowest BCUT2D eigenvalue weighted by atomic mass is 10.2. The van der Waals surface area contributed by atoms with Crippen LogP contribution in [0.15, 0.2) is 53.3 Å². The van der Waals surface area contributed by atoms with Crippen molar-refractivity contribution in [1.82, 2.24) is 29.8 Å². The molecular formula is C17H12ClN7O2. The Kier molecular flexibility index (Phi) is 4.13. The molecule has 1 amide bonds. The van der Waals surface area contributed by atoms with Crippen molar-refractivity contribution in [1.29, 1.82) is 0 Å². The highest BCUT2D eigenvalue weighted by molar-refractivity contribution is 6.30. The number of rotatable bonds is 3. The molecule has 0 aliphatic carbocycles. The number of para-hydroxylation sites is 2. The number of aryl methyl sites for hydroxylation is 1. The van der Waals surface area contributed by atoms with Gasteiger partial charge >= 0.3 is 0 Å². The van der Waals surface area contributed by atoms with Crippen molar-refractivity contribution in [2.45, 2.75) is 0 Å². The predicted octanol–water partition coefficient (Wildman–Crippen LogP) is 1.81. The quantitative estimate of drug-likeness (QED) is 0.580. The third kappa shape index (κ3) is 3.04. The van der Waals surface area contributed by atoms with E-state index in [1.807, 2.05) is 0 Å². The SMILES string of the molecule is Cn1nnnc1NC(=O)c1nc2ccccc2n(-c2ccc(Cl)cc2)c1=O. The van der Waals surface area contributed by atoms with Crippen LogP contribution in [0.4, 0.5) is 5.95 Å². The minimum absolute atomic E-state index is 0.104. The molecule has 2 heterocycles. The smallest absolute Gasteiger partial charge is 0.287 e. The second kappa shape index (κ2) is 6.61. The fraction of sp³-hybridized carbons (Fsp3) is 0.0588. The number of nitrogens with one attached hydrogen (secondary N) is 1. The second-order valence-corrected chi connectivity index (χ2v) is 6.08. The minimum atomic E-state index is -0.702. The molecule has 2 aromatic heterocycles. The van der Waals surface area contributed by atoms with Crippen LogP contribution in [-0.2, 0) is 7.05 Å². The molecular weight excluding hydrogens is 370 g/mol. The molecule has 134 valence electrons. The Morgan fingerprint density at radius 2 is 1.85 bits per heavy atom. The van der Waals surface area contributed by atoms with Crippen LogP contribution in [0.3, 0.4) is 0 Å². The van der Waals surface area contributed by atoms with Gasteiger partial charge in [0.15, 0.2) is 5.69 Å². The van der Waals surface area contributed by atoms with E-state index in [0.717, 1.165) is 0 Å². The number of amides is 1. The first-order chi connectivity index (χ1) is 13.0. The second-order valence-electron chi connectivity index (χ2n) is 5.65. The molecule has 0 spiro atoms. The number of anilines is 1. The van der Waals surface area contributed by atoms with Crippen LogP contribution in [0.25, 0.3) is 16.7 Å². The van der Waals surface area contributed by atoms with Crippen molar-refractivity contribution in [2.75, 3.05) is 5.32 Å². The number of halogens is 1. The van der Waals surface area contributed by atoms with E-state index in [0.29, 0.717) is 21.7 Å². The van der Waals surface area contributed by atoms with Crippen LogP contribution >= 0.6 is 11.6 Å². The fourth-order valence-electron chi connectivity index (χ4n) is 2.62. The average molecular weight is 382 g/mol. The van der Waals surface area contributed by atoms with Crippen molar-refractivity contribution < 1.29 is 4.79 Å². The summed E-state index contributed by atoms with van der Waals surface area (Å²) in [5.41, 5.74) is 0.794. The zero-order valence-electron chi connectivity index (χ0n) is 14.0. The number of carbonyl (C=O) groups excluding carboxylic acids is 1. The van der Waals surface area contributed by atoms with Gasteiger partial charge in [0.25, 0.3) is 11.5 Å². The number of aromatic nitrogens is 6. The number of hydrogen-bond acceptors (Lipinski definition) is 6. The Balaban J connectivity index is 1.91. The fourth-order valence-corrected chi connectivity index (χ4v) is 2.75. The summed E-state index contributed by atoms with van der Waals surface area (Å²) in [6, 6.07) is 13.8. The van der Waals surface area contributed by atoms with Gasteiger partial charge in [-0.15, -0.1) is 0 Å². The summed E-state index contributed by atoms with van der Waals surface area (Å²) < 4.78 is 2.69. The normalized spacial score (nSPS) is 10.9. The Morgan fingerprint density at radius 1 is 1.11 bits per heavy atom. The summed E-state index contributed by atoms with van der Waals surface area (Å²) in [5.74, 6) is -0.598. The molecule has 0 aliphatic heterocycles. The van der Waals surface area contributed by atoms with E-state index in [9.17, 15) is 9.59 Å². The molecule has 0 unspecified atom stereocenters. The highest BCUT2D eigenvalue weighted by atomic mass is 35.5. The van der Waals surface area contributed by atoms with Gasteiger partial charge in [0.1, 0.15) is 0 Å². The molecule has 10 heteroatoms. The number of carbonyl (C=O) groups is 1. The van der Waals surface area contributed by atoms with Gasteiger partial charge in [-0.25, -0.2) is 9.67 Å². The van der Waals surface area contributed by atoms with E-state index in [2.05, 4.69) is 25.8 Å². The first-order valence-corrected chi connectivity index (χ1v) is 8.24. The van der Waals surface area contributed by atoms with Gasteiger partial charge in [-0.3, -0.25) is 19.5 Å². The van der Waals surface area contributed by atoms with Crippen molar-refractivity contribution in [3.8, 4) is 5.69 Å². The molecule has 0 saturated carbocycles. The number of nitrogens with zero attached hydrogens (tertiary/aromatic N) is 6. The van der Waals surface area contributed by atoms with Crippen LogP contribution in [0.2, 0.25) is 5.02 Å². The van der Waals surface area contributed by atoms with E-state index in [-0.39, 0.29) is 11.6 Å². The summed E-state index contributed by atoms with van der Waals surface area (Å²) in [5, 5.41) is 13.8. The Labute approximate surface area is 157 Å². The van der Waals surface area contributed by atoms with E-state index in [1.165, 1.54) is 9.25 Å². The number of benzene rings is 2. The largest absolute Gasteiger partial charge is 0.288 e. The molecule has 4 aromatic rings. The molecule has 0 bridgehead atoms. The van der Waals surface area contributed by atoms with Crippen LogP contribution in [0, 0.1) is 0 Å². The zero-order valence-corrected chi connectivity index (χ0v) is 14.8. The van der Waals surface area contributed by atoms with E-state index in [1.54, 1.807) is 55.6 Å². The van der Waals surface area contributed by atoms with E-state index < -0.39 is 11.5 Å². The molecule has 1 N–H and O–H groups in total. The lowest BCUT2D eigenvalue weighted by Crippen LogP contribution is -2.31. The number of fused-ring (bicyclic) bond motifs is 1. The van der Waals surface area contributed by atoms with Crippen LogP contribution in [-0.4, -0.2) is 35.7 Å². The molecule has 27 heavy (non-hydrogen) atoms. The minimum Gasteiger partial charge on any atom is -0.288 e. The number of tetrazole rings is 1. The monoisotopic (exact) mass is 381 g/mol. The predicted molar refractivity (Wildman–Crippen MR) is 99.1 cm³/mol. The highest BCUT2D eigenvalue weighted by Crippen LogP contribution is 2.18. The maximum Gasteiger partial charge on any atom is 0.287 e. The topological polar surface area (TPSA) is 108 Å². The van der Waals surface area contributed by atoms with E-state index >= 15 is 0 Å². The van der Waals surface area contributed by atoms with Crippen molar-refractivity contribution in [3.05, 3.63) is 69.6 Å². The summed E-state index contributed by atoms with van der Waals surface area (Å²) in [6.45, 7) is 0. The van der Waals surface area contributed by atoms with Crippen LogP contribution in [0.1, 0.15) is 10.5 Å². The van der Waals surface area contributed by atoms with Crippen LogP contribution in [0.5, 0.6) is 0 Å². The van der Waals surface area contributed by atoms with Crippen molar-refractivity contribution in [3.63, 3.8) is 0 Å². The Bertz CT molecular complexity index is 1210. The first-order valence-electron chi connectivity index (χ1n) is 7.86. The average Bonchev–Trinajstić information content (AvgIpc) is 3.07. The molecule has 2 aromatic carbocycles. The maximum absolute atomic E-state index is 13.1. The summed E-state index contributed by atoms with van der Waals surface area (Å²) in [7, 11) is 1.56. The van der Waals surface area contributed by atoms with Gasteiger partial charge in [0.2, 0.25) is 5.95 Å². The molecule has 0 saturated heterocycles. The molecule has 0 fully saturated rings. The van der Waals surface area contributed by atoms with Gasteiger partial charge in [-0.1, -0.05) is 28.8 Å². The van der Waals surface area contributed by atoms with Gasteiger partial charge < -0.3 is 0 Å². The summed E-state index contributed by atoms with van der Waals surface area (Å²) in [6.07, 6.45) is 0. The summed E-state index contributed by atoms with van der Waals surface area (Å²) in [4.78, 5) is 30.0. The lowest BCUT2D eigenvalue weighted by Gasteiger charge is -2.12. The lowest BCUT2D eigenvalue weighted by molar-refractivity contribution is 0.101. The third-order valence-electron chi connectivity index (χ3n) is 3.91. The van der Waals surface area contributed by atoms with Gasteiger partial charge in [-0.05, 0) is 46.8 Å². The molecule has 9 nitrogen and oxygen atoms in total. The maximum atomic E-state index is 13.1. The highest BCUT2D eigenvalue weighted by Gasteiger charge is 2.20. The summed E-state index contributed by atoms with van der Waals surface area (Å²) >= 11 is 5.95. The van der Waals surface area contributed by atoms with Gasteiger partial charge in [0, 0.05) is 17.8 Å². The first kappa shape index (κ1) is 16.9. The molecule has 0 atom stereocenters. The van der Waals surface area contributed by atoms with E-state index in [4.69, 9.17) is 11.6 Å². The van der Waals surface area contributed by atoms with Crippen molar-refractivity contribution >= 4 is 34.5 Å². The Morgan fingerprint density at radius 3 is 2.56 bits per heavy atom. The molecule has 4 rings (SSSR count). The Hall–Kier alpha value is -3.59. The standard InChI is InChI=1S/C17H12ClN7O2/c1-24-17(21-22-23-24)20-15(26)14-16(27)25(11-8-6-10(18)7-9-11)13-5-3-2-4-12(13)19-14/h2-9H,1H3,(H,20,21,23,26).